The van der Waals surface area contributed by atoms with Crippen molar-refractivity contribution in [1.29, 1.82) is 0 Å². The van der Waals surface area contributed by atoms with E-state index in [1.54, 1.807) is 35.8 Å². The highest BCUT2D eigenvalue weighted by Crippen LogP contribution is 2.15. The van der Waals surface area contributed by atoms with Gasteiger partial charge in [-0.1, -0.05) is 5.16 Å². The third kappa shape index (κ3) is 3.96. The Kier molecular flexibility index (Phi) is 5.51. The number of nitrogens with zero attached hydrogens (tertiary/aromatic N) is 2. The van der Waals surface area contributed by atoms with Crippen LogP contribution in [0.25, 0.3) is 0 Å². The normalized spacial score (nSPS) is 11.3. The third-order valence-corrected chi connectivity index (χ3v) is 3.26. The van der Waals surface area contributed by atoms with Crippen LogP contribution in [-0.4, -0.2) is 41.7 Å². The molecule has 0 aliphatic carbocycles. The molecule has 0 aliphatic heterocycles. The van der Waals surface area contributed by atoms with Gasteiger partial charge >= 0.3 is 0 Å². The van der Waals surface area contributed by atoms with E-state index in [1.807, 2.05) is 18.4 Å². The minimum atomic E-state index is -0.0756. The van der Waals surface area contributed by atoms with Crippen LogP contribution in [0, 0.1) is 0 Å². The topological polar surface area (TPSA) is 78.9 Å². The van der Waals surface area contributed by atoms with Gasteiger partial charge in [0.15, 0.2) is 0 Å². The van der Waals surface area contributed by atoms with Crippen LogP contribution in [0.3, 0.4) is 0 Å². The zero-order chi connectivity index (χ0) is 13.5. The molecule has 1 aromatic rings. The van der Waals surface area contributed by atoms with E-state index in [2.05, 4.69) is 5.16 Å². The Morgan fingerprint density at radius 3 is 2.56 bits per heavy atom. The molecule has 0 aliphatic rings. The molecule has 98 valence electrons. The molecule has 1 rings (SSSR count). The average molecular weight is 267 g/mol. The maximum atomic E-state index is 12.0. The van der Waals surface area contributed by atoms with Crippen LogP contribution in [0.1, 0.15) is 16.8 Å². The molecule has 18 heavy (non-hydrogen) atoms. The van der Waals surface area contributed by atoms with Gasteiger partial charge in [0, 0.05) is 30.5 Å². The lowest BCUT2D eigenvalue weighted by Crippen LogP contribution is -2.30. The minimum absolute atomic E-state index is 0.0756. The number of carbonyl (C=O) groups excluding carboxylic acids is 1. The quantitative estimate of drug-likeness (QED) is 0.279. The van der Waals surface area contributed by atoms with E-state index in [1.165, 1.54) is 0 Å². The van der Waals surface area contributed by atoms with Gasteiger partial charge in [-0.2, -0.15) is 0 Å². The predicted molar refractivity (Wildman–Crippen MR) is 73.2 cm³/mol. The molecule has 5 nitrogen and oxygen atoms in total. The number of benzene rings is 1. The van der Waals surface area contributed by atoms with E-state index in [4.69, 9.17) is 10.9 Å². The summed E-state index contributed by atoms with van der Waals surface area (Å²) < 4.78 is 0. The first-order valence-corrected chi connectivity index (χ1v) is 6.67. The molecule has 0 radical (unpaired) electrons. The van der Waals surface area contributed by atoms with Gasteiger partial charge in [-0.25, -0.2) is 0 Å². The highest BCUT2D eigenvalue weighted by Gasteiger charge is 2.11. The first kappa shape index (κ1) is 14.4. The molecule has 0 spiro atoms. The Balaban J connectivity index is 2.62. The zero-order valence-corrected chi connectivity index (χ0v) is 11.3. The number of amides is 1. The fraction of sp³-hybridized carbons (Fsp3) is 0.333. The molecule has 6 heteroatoms. The number of hydrogen-bond acceptors (Lipinski definition) is 4. The van der Waals surface area contributed by atoms with Gasteiger partial charge in [0.1, 0.15) is 5.84 Å². The number of carbonyl (C=O) groups is 1. The summed E-state index contributed by atoms with van der Waals surface area (Å²) in [5.41, 5.74) is 5.99. The number of nitrogens with two attached hydrogens (primary N) is 1. The SMILES string of the molecule is CSc1ccc(C(=O)N(C)CCC(N)=NO)cc1. The van der Waals surface area contributed by atoms with Crippen LogP contribution in [0.15, 0.2) is 34.3 Å². The van der Waals surface area contributed by atoms with E-state index in [-0.39, 0.29) is 11.7 Å². The summed E-state index contributed by atoms with van der Waals surface area (Å²) in [6.45, 7) is 0.416. The Bertz CT molecular complexity index is 431. The van der Waals surface area contributed by atoms with Gasteiger partial charge in [0.25, 0.3) is 5.91 Å². The Morgan fingerprint density at radius 2 is 2.06 bits per heavy atom. The molecule has 3 N–H and O–H groups in total. The van der Waals surface area contributed by atoms with Crippen LogP contribution in [0.5, 0.6) is 0 Å². The van der Waals surface area contributed by atoms with Gasteiger partial charge in [-0.3, -0.25) is 4.79 Å². The van der Waals surface area contributed by atoms with Crippen LogP contribution in [0.2, 0.25) is 0 Å². The number of amidine groups is 1. The molecular weight excluding hydrogens is 250 g/mol. The van der Waals surface area contributed by atoms with Gasteiger partial charge in [-0.15, -0.1) is 11.8 Å². The third-order valence-electron chi connectivity index (χ3n) is 2.52. The molecule has 0 heterocycles. The predicted octanol–water partition coefficient (Wildman–Crippen LogP) is 1.62. The molecule has 1 aromatic carbocycles. The number of hydrogen-bond donors (Lipinski definition) is 2. The number of thioether (sulfide) groups is 1. The van der Waals surface area contributed by atoms with Gasteiger partial charge in [0.2, 0.25) is 0 Å². The fourth-order valence-electron chi connectivity index (χ4n) is 1.39. The maximum Gasteiger partial charge on any atom is 0.253 e. The van der Waals surface area contributed by atoms with E-state index in [0.29, 0.717) is 18.5 Å². The van der Waals surface area contributed by atoms with Crippen molar-refractivity contribution in [1.82, 2.24) is 4.90 Å². The lowest BCUT2D eigenvalue weighted by molar-refractivity contribution is 0.0798. The van der Waals surface area contributed by atoms with Crippen molar-refractivity contribution in [3.8, 4) is 0 Å². The van der Waals surface area contributed by atoms with Crippen molar-refractivity contribution in [3.05, 3.63) is 29.8 Å². The summed E-state index contributed by atoms with van der Waals surface area (Å²) in [7, 11) is 1.69. The highest BCUT2D eigenvalue weighted by atomic mass is 32.2. The molecule has 0 saturated heterocycles. The summed E-state index contributed by atoms with van der Waals surface area (Å²) in [4.78, 5) is 14.7. The Hall–Kier alpha value is -1.69. The van der Waals surface area contributed by atoms with E-state index < -0.39 is 0 Å². The van der Waals surface area contributed by atoms with Crippen molar-refractivity contribution in [2.75, 3.05) is 19.8 Å². The van der Waals surface area contributed by atoms with Crippen LogP contribution in [-0.2, 0) is 0 Å². The summed E-state index contributed by atoms with van der Waals surface area (Å²) in [5, 5.41) is 11.3. The zero-order valence-electron chi connectivity index (χ0n) is 10.5. The van der Waals surface area contributed by atoms with Crippen molar-refractivity contribution >= 4 is 23.5 Å². The van der Waals surface area contributed by atoms with Crippen LogP contribution < -0.4 is 5.73 Å². The summed E-state index contributed by atoms with van der Waals surface area (Å²) in [6.07, 6.45) is 2.33. The van der Waals surface area contributed by atoms with Gasteiger partial charge < -0.3 is 15.8 Å². The van der Waals surface area contributed by atoms with Crippen molar-refractivity contribution in [2.45, 2.75) is 11.3 Å². The Labute approximate surface area is 111 Å². The second-order valence-electron chi connectivity index (χ2n) is 3.80. The Morgan fingerprint density at radius 1 is 1.44 bits per heavy atom. The smallest absolute Gasteiger partial charge is 0.253 e. The molecule has 1 amide bonds. The van der Waals surface area contributed by atoms with E-state index >= 15 is 0 Å². The van der Waals surface area contributed by atoms with Gasteiger partial charge in [0.05, 0.1) is 0 Å². The molecule has 0 unspecified atom stereocenters. The fourth-order valence-corrected chi connectivity index (χ4v) is 1.80. The first-order chi connectivity index (χ1) is 8.58. The molecule has 0 bridgehead atoms. The molecule has 0 fully saturated rings. The second kappa shape index (κ2) is 6.90. The monoisotopic (exact) mass is 267 g/mol. The number of oxime groups is 1. The second-order valence-corrected chi connectivity index (χ2v) is 4.68. The summed E-state index contributed by atoms with van der Waals surface area (Å²) in [5.74, 6) is 0.0424. The summed E-state index contributed by atoms with van der Waals surface area (Å²) >= 11 is 1.63. The molecule has 0 aromatic heterocycles. The first-order valence-electron chi connectivity index (χ1n) is 5.44. The van der Waals surface area contributed by atoms with E-state index in [9.17, 15) is 4.79 Å². The molecule has 0 saturated carbocycles. The summed E-state index contributed by atoms with van der Waals surface area (Å²) in [6, 6.07) is 7.42. The van der Waals surface area contributed by atoms with Crippen molar-refractivity contribution in [2.24, 2.45) is 10.9 Å². The number of rotatable bonds is 5. The largest absolute Gasteiger partial charge is 0.409 e. The molecule has 0 atom stereocenters. The lowest BCUT2D eigenvalue weighted by Gasteiger charge is -2.16. The van der Waals surface area contributed by atoms with E-state index in [0.717, 1.165) is 4.90 Å². The van der Waals surface area contributed by atoms with Gasteiger partial charge in [-0.05, 0) is 30.5 Å². The molecular formula is C12H17N3O2S. The lowest BCUT2D eigenvalue weighted by atomic mass is 10.2. The van der Waals surface area contributed by atoms with Crippen molar-refractivity contribution < 1.29 is 10.0 Å². The van der Waals surface area contributed by atoms with Crippen molar-refractivity contribution in [3.63, 3.8) is 0 Å². The average Bonchev–Trinajstić information content (AvgIpc) is 2.43. The standard InChI is InChI=1S/C12H17N3O2S/c1-15(8-7-11(13)14-17)12(16)9-3-5-10(18-2)6-4-9/h3-6,17H,7-8H2,1-2H3,(H2,13,14). The highest BCUT2D eigenvalue weighted by molar-refractivity contribution is 7.98. The maximum absolute atomic E-state index is 12.0. The minimum Gasteiger partial charge on any atom is -0.409 e. The van der Waals surface area contributed by atoms with Crippen LogP contribution >= 0.6 is 11.8 Å². The van der Waals surface area contributed by atoms with Crippen LogP contribution in [0.4, 0.5) is 0 Å².